The quantitative estimate of drug-likeness (QED) is 0.0433. The van der Waals surface area contributed by atoms with Crippen molar-refractivity contribution in [2.24, 2.45) is 16.1 Å². The first-order chi connectivity index (χ1) is 33.3. The van der Waals surface area contributed by atoms with Gasteiger partial charge in [-0.3, -0.25) is 25.1 Å². The fourth-order valence-corrected chi connectivity index (χ4v) is 7.49. The number of aromatic amines is 4. The lowest BCUT2D eigenvalue weighted by molar-refractivity contribution is 0.478. The van der Waals surface area contributed by atoms with Crippen LogP contribution in [0.5, 0.6) is 0 Å². The molecule has 348 valence electrons. The first-order valence-corrected chi connectivity index (χ1v) is 22.6. The first-order valence-electron chi connectivity index (χ1n) is 22.6. The maximum Gasteiger partial charge on any atom is 0.159 e. The highest BCUT2D eigenvalue weighted by atomic mass is 15.2. The molecule has 0 aliphatic carbocycles. The summed E-state index contributed by atoms with van der Waals surface area (Å²) in [6.45, 7) is 24.8. The number of imidazole rings is 3. The Bertz CT molecular complexity index is 3560. The fourth-order valence-electron chi connectivity index (χ4n) is 7.49. The highest BCUT2D eigenvalue weighted by molar-refractivity contribution is 5.98. The van der Waals surface area contributed by atoms with Crippen LogP contribution in [0.15, 0.2) is 140 Å². The van der Waals surface area contributed by atoms with Crippen molar-refractivity contribution in [2.75, 3.05) is 0 Å². The molecule has 10 aromatic rings. The maximum atomic E-state index is 5.48. The molecule has 69 heavy (non-hydrogen) atoms. The standard InChI is InChI=1S/C27H30N8.C23H18N8.C3H8/c1-7-17(11-19(8-2)31-16(3)27(4,5)6)18-9-10-21-20(12-18)24(35-34-21)26-32-23-14-29-13-22(30-15-28)25(23)33-26;1-13-5-6-24-8-17(13)15-3-4-18-16(7-15)21(30-29-18)23-27-19-9-25-10-20(22(19)28-23)31-11-14(2)26-12-31;1-3-2/h7-15,31H,2-3H2,1,4-6H3,(H2,28,30)(H,32,33)(H,34,35);3-12H,1-2H3,(H,27,28)(H,29,30);3H2,1-2H3/b17-7+,19-11+;;. The molecule has 0 atom stereocenters. The van der Waals surface area contributed by atoms with Gasteiger partial charge in [-0.05, 0) is 85.5 Å². The Morgan fingerprint density at radius 2 is 1.48 bits per heavy atom. The van der Waals surface area contributed by atoms with Crippen molar-refractivity contribution in [1.82, 2.24) is 70.2 Å². The number of aliphatic imine (C=N–C) groups is 1. The summed E-state index contributed by atoms with van der Waals surface area (Å²) >= 11 is 0. The third-order valence-electron chi connectivity index (χ3n) is 11.3. The summed E-state index contributed by atoms with van der Waals surface area (Å²) in [5, 5.41) is 20.6. The Kier molecular flexibility index (Phi) is 13.5. The lowest BCUT2D eigenvalue weighted by atomic mass is 9.92. The van der Waals surface area contributed by atoms with Gasteiger partial charge in [0.1, 0.15) is 28.1 Å². The topological polar surface area (TPSA) is 222 Å². The number of hydrogen-bond acceptors (Lipinski definition) is 10. The zero-order valence-electron chi connectivity index (χ0n) is 40.1. The van der Waals surface area contributed by atoms with E-state index >= 15 is 0 Å². The first kappa shape index (κ1) is 46.7. The molecule has 0 amide bonds. The molecule has 8 heterocycles. The number of hydrogen-bond donors (Lipinski definition) is 6. The van der Waals surface area contributed by atoms with E-state index < -0.39 is 0 Å². The predicted octanol–water partition coefficient (Wildman–Crippen LogP) is 11.5. The number of aromatic nitrogens is 13. The zero-order valence-corrected chi connectivity index (χ0v) is 40.1. The van der Waals surface area contributed by atoms with Crippen molar-refractivity contribution in [3.05, 3.63) is 152 Å². The second-order valence-electron chi connectivity index (χ2n) is 17.4. The largest absolute Gasteiger partial charge is 0.390 e. The molecule has 8 aromatic heterocycles. The molecule has 16 heteroatoms. The smallest absolute Gasteiger partial charge is 0.159 e. The van der Waals surface area contributed by atoms with E-state index in [9.17, 15) is 0 Å². The van der Waals surface area contributed by atoms with Gasteiger partial charge in [-0.1, -0.05) is 72.4 Å². The molecule has 0 radical (unpaired) electrons. The van der Waals surface area contributed by atoms with E-state index in [0.29, 0.717) is 28.5 Å². The third kappa shape index (κ3) is 9.86. The number of rotatable bonds is 10. The van der Waals surface area contributed by atoms with Crippen molar-refractivity contribution in [1.29, 1.82) is 0 Å². The fraction of sp³-hybridized carbons (Fsp3) is 0.189. The minimum absolute atomic E-state index is 0.0692. The Hall–Kier alpha value is -8.79. The summed E-state index contributed by atoms with van der Waals surface area (Å²) in [5.74, 6) is 1.31. The molecule has 0 aliphatic rings. The van der Waals surface area contributed by atoms with Crippen molar-refractivity contribution in [2.45, 2.75) is 61.8 Å². The molecule has 0 spiro atoms. The molecule has 0 bridgehead atoms. The van der Waals surface area contributed by atoms with Gasteiger partial charge in [0.2, 0.25) is 0 Å². The van der Waals surface area contributed by atoms with Gasteiger partial charge in [0.25, 0.3) is 0 Å². The summed E-state index contributed by atoms with van der Waals surface area (Å²) in [7, 11) is 0. The van der Waals surface area contributed by atoms with E-state index in [4.69, 9.17) is 15.7 Å². The number of nitrogens with one attached hydrogen (secondary N) is 5. The van der Waals surface area contributed by atoms with Crippen LogP contribution < -0.4 is 11.1 Å². The van der Waals surface area contributed by atoms with E-state index in [1.807, 2.05) is 55.2 Å². The van der Waals surface area contributed by atoms with Crippen LogP contribution in [0.3, 0.4) is 0 Å². The van der Waals surface area contributed by atoms with Crippen molar-refractivity contribution in [3.63, 3.8) is 0 Å². The molecular formula is C53H56N16. The van der Waals surface area contributed by atoms with Gasteiger partial charge in [0.05, 0.1) is 70.9 Å². The normalized spacial score (nSPS) is 12.1. The molecular weight excluding hydrogens is 861 g/mol. The van der Waals surface area contributed by atoms with E-state index in [-0.39, 0.29) is 5.41 Å². The van der Waals surface area contributed by atoms with Crippen molar-refractivity contribution in [3.8, 4) is 39.9 Å². The van der Waals surface area contributed by atoms with Crippen LogP contribution >= 0.6 is 0 Å². The predicted molar refractivity (Wildman–Crippen MR) is 280 cm³/mol. The second kappa shape index (κ2) is 20.0. The number of nitrogens with zero attached hydrogens (tertiary/aromatic N) is 10. The number of fused-ring (bicyclic) bond motifs is 4. The van der Waals surface area contributed by atoms with Gasteiger partial charge >= 0.3 is 0 Å². The minimum atomic E-state index is -0.0692. The molecule has 0 saturated heterocycles. The summed E-state index contributed by atoms with van der Waals surface area (Å²) in [5.41, 5.74) is 21.5. The maximum absolute atomic E-state index is 5.48. The SMILES string of the molecule is C=C/C(=C\C(=C/C)c1ccc2[nH]nc(-c3nc4c(N=CN)cncc4[nH]3)c2c1)NC(=C)C(C)(C)C.CCC.Cc1cn(-c2cncc3[nH]c(-c4n[nH]c5ccc(-c6cnccc6C)cc45)nc23)cn1. The molecule has 0 aliphatic heterocycles. The van der Waals surface area contributed by atoms with Crippen LogP contribution in [-0.4, -0.2) is 71.2 Å². The lowest BCUT2D eigenvalue weighted by Gasteiger charge is -2.24. The van der Waals surface area contributed by atoms with E-state index in [2.05, 4.69) is 152 Å². The average molecular weight is 917 g/mol. The second-order valence-corrected chi connectivity index (χ2v) is 17.4. The monoisotopic (exact) mass is 916 g/mol. The van der Waals surface area contributed by atoms with E-state index in [0.717, 1.165) is 89.1 Å². The Labute approximate surface area is 399 Å². The molecule has 0 unspecified atom stereocenters. The molecule has 0 fully saturated rings. The summed E-state index contributed by atoms with van der Waals surface area (Å²) < 4.78 is 1.93. The number of benzene rings is 2. The lowest BCUT2D eigenvalue weighted by Crippen LogP contribution is -2.22. The Balaban J connectivity index is 0.000000177. The van der Waals surface area contributed by atoms with Crippen molar-refractivity contribution < 1.29 is 0 Å². The molecule has 16 nitrogen and oxygen atoms in total. The van der Waals surface area contributed by atoms with Crippen LogP contribution in [0.4, 0.5) is 5.69 Å². The Morgan fingerprint density at radius 3 is 2.10 bits per heavy atom. The molecule has 7 N–H and O–H groups in total. The highest BCUT2D eigenvalue weighted by Gasteiger charge is 2.19. The van der Waals surface area contributed by atoms with Gasteiger partial charge in [-0.25, -0.2) is 19.9 Å². The van der Waals surface area contributed by atoms with Gasteiger partial charge in [0, 0.05) is 51.7 Å². The summed E-state index contributed by atoms with van der Waals surface area (Å²) in [4.78, 5) is 37.6. The summed E-state index contributed by atoms with van der Waals surface area (Å²) in [6, 6.07) is 14.4. The number of allylic oxidation sites excluding steroid dienone is 5. The molecule has 10 rings (SSSR count). The molecule has 2 aromatic carbocycles. The van der Waals surface area contributed by atoms with Crippen LogP contribution in [0.2, 0.25) is 0 Å². The van der Waals surface area contributed by atoms with Crippen LogP contribution in [-0.2, 0) is 0 Å². The van der Waals surface area contributed by atoms with Gasteiger partial charge in [-0.15, -0.1) is 0 Å². The van der Waals surface area contributed by atoms with Crippen LogP contribution in [0.25, 0.3) is 89.3 Å². The number of aryl methyl sites for hydroxylation is 2. The van der Waals surface area contributed by atoms with Crippen LogP contribution in [0, 0.1) is 19.3 Å². The van der Waals surface area contributed by atoms with Gasteiger partial charge in [-0.2, -0.15) is 10.2 Å². The Morgan fingerprint density at radius 1 is 0.826 bits per heavy atom. The number of nitrogens with two attached hydrogens (primary N) is 1. The average Bonchev–Trinajstić information content (AvgIpc) is 4.20. The van der Waals surface area contributed by atoms with Gasteiger partial charge < -0.3 is 25.6 Å². The molecule has 0 saturated carbocycles. The van der Waals surface area contributed by atoms with Crippen molar-refractivity contribution >= 4 is 61.5 Å². The zero-order chi connectivity index (χ0) is 48.8. The highest BCUT2D eigenvalue weighted by Crippen LogP contribution is 2.34. The number of pyridine rings is 3. The third-order valence-corrected chi connectivity index (χ3v) is 11.3. The number of H-pyrrole nitrogens is 4. The minimum Gasteiger partial charge on any atom is -0.390 e. The summed E-state index contributed by atoms with van der Waals surface area (Å²) in [6.07, 6.45) is 22.7. The van der Waals surface area contributed by atoms with Crippen LogP contribution in [0.1, 0.15) is 64.8 Å². The van der Waals surface area contributed by atoms with Gasteiger partial charge in [0.15, 0.2) is 11.6 Å². The van der Waals surface area contributed by atoms with E-state index in [1.165, 1.54) is 18.3 Å². The van der Waals surface area contributed by atoms with E-state index in [1.54, 1.807) is 37.2 Å².